The molecule has 6 aromatic rings. The third-order valence-corrected chi connectivity index (χ3v) is 8.64. The normalized spacial score (nSPS) is 12.6. The highest BCUT2D eigenvalue weighted by atomic mass is 16.2. The van der Waals surface area contributed by atoms with Crippen molar-refractivity contribution in [3.05, 3.63) is 156 Å². The molecule has 0 radical (unpaired) electrons. The van der Waals surface area contributed by atoms with Crippen LogP contribution in [0.1, 0.15) is 70.6 Å². The van der Waals surface area contributed by atoms with Gasteiger partial charge in [-0.3, -0.25) is 9.59 Å². The molecule has 2 atom stereocenters. The molecule has 2 amide bonds. The summed E-state index contributed by atoms with van der Waals surface area (Å²) in [4.78, 5) is 28.8. The molecule has 4 heteroatoms. The molecule has 6 aromatic carbocycles. The zero-order valence-corrected chi connectivity index (χ0v) is 25.1. The Morgan fingerprint density at radius 2 is 1.02 bits per heavy atom. The molecule has 0 saturated carbocycles. The van der Waals surface area contributed by atoms with Crippen LogP contribution in [0.2, 0.25) is 0 Å². The van der Waals surface area contributed by atoms with Crippen molar-refractivity contribution in [2.45, 2.75) is 38.8 Å². The summed E-state index contributed by atoms with van der Waals surface area (Å²) in [5.74, 6) is -0.408. The van der Waals surface area contributed by atoms with E-state index in [-0.39, 0.29) is 18.0 Å². The van der Waals surface area contributed by atoms with Crippen LogP contribution in [0.5, 0.6) is 0 Å². The van der Waals surface area contributed by atoms with Gasteiger partial charge in [-0.15, -0.1) is 0 Å². The molecule has 0 heterocycles. The largest absolute Gasteiger partial charge is 0.366 e. The van der Waals surface area contributed by atoms with Crippen molar-refractivity contribution in [2.75, 3.05) is 0 Å². The lowest BCUT2D eigenvalue weighted by atomic mass is 9.93. The Bertz CT molecular complexity index is 1900. The van der Waals surface area contributed by atoms with E-state index in [1.807, 2.05) is 72.8 Å². The van der Waals surface area contributed by atoms with Gasteiger partial charge in [0.1, 0.15) is 0 Å². The minimum absolute atomic E-state index is 0.0273. The molecule has 0 bridgehead atoms. The number of primary amides is 1. The Labute approximate surface area is 258 Å². The number of fused-ring (bicyclic) bond motifs is 2. The highest BCUT2D eigenvalue weighted by molar-refractivity contribution is 6.09. The average molecular weight is 577 g/mol. The Morgan fingerprint density at radius 1 is 0.568 bits per heavy atom. The molecule has 2 N–H and O–H groups in total. The Hall–Kier alpha value is -5.22. The summed E-state index contributed by atoms with van der Waals surface area (Å²) in [6.45, 7) is 4.31. The fraction of sp³-hybridized carbons (Fsp3) is 0.150. The topological polar surface area (TPSA) is 63.4 Å². The molecule has 4 nitrogen and oxygen atoms in total. The lowest BCUT2D eigenvalue weighted by molar-refractivity contribution is 0.0550. The number of carbonyl (C=O) groups is 2. The molecule has 218 valence electrons. The quantitative estimate of drug-likeness (QED) is 0.186. The number of hydrogen-bond acceptors (Lipinski definition) is 2. The number of nitrogens with two attached hydrogens (primary N) is 1. The molecule has 0 fully saturated rings. The average Bonchev–Trinajstić information content (AvgIpc) is 3.07. The van der Waals surface area contributed by atoms with E-state index in [9.17, 15) is 9.59 Å². The van der Waals surface area contributed by atoms with Gasteiger partial charge in [0, 0.05) is 11.1 Å². The van der Waals surface area contributed by atoms with Crippen LogP contribution in [-0.2, 0) is 0 Å². The van der Waals surface area contributed by atoms with Gasteiger partial charge in [-0.2, -0.15) is 0 Å². The molecule has 0 aliphatic carbocycles. The second-order valence-electron chi connectivity index (χ2n) is 11.2. The van der Waals surface area contributed by atoms with Crippen molar-refractivity contribution in [2.24, 2.45) is 5.73 Å². The second-order valence-corrected chi connectivity index (χ2v) is 11.2. The van der Waals surface area contributed by atoms with Crippen molar-refractivity contribution < 1.29 is 9.59 Å². The van der Waals surface area contributed by atoms with Crippen LogP contribution >= 0.6 is 0 Å². The summed E-state index contributed by atoms with van der Waals surface area (Å²) in [7, 11) is 0. The summed E-state index contributed by atoms with van der Waals surface area (Å²) in [6.07, 6.45) is 1.60. The first kappa shape index (κ1) is 28.9. The third kappa shape index (κ3) is 5.47. The van der Waals surface area contributed by atoms with Gasteiger partial charge in [0.25, 0.3) is 5.91 Å². The van der Waals surface area contributed by atoms with E-state index in [1.54, 1.807) is 6.07 Å². The summed E-state index contributed by atoms with van der Waals surface area (Å²) in [5, 5.41) is 3.72. The van der Waals surface area contributed by atoms with Crippen LogP contribution < -0.4 is 5.73 Å². The maximum Gasteiger partial charge on any atom is 0.255 e. The number of hydrogen-bond donors (Lipinski definition) is 1. The van der Waals surface area contributed by atoms with Gasteiger partial charge in [-0.05, 0) is 80.9 Å². The monoisotopic (exact) mass is 576 g/mol. The van der Waals surface area contributed by atoms with Crippen LogP contribution in [0.15, 0.2) is 133 Å². The van der Waals surface area contributed by atoms with Crippen LogP contribution in [-0.4, -0.2) is 16.7 Å². The molecular formula is C40H36N2O2. The van der Waals surface area contributed by atoms with E-state index < -0.39 is 5.91 Å². The van der Waals surface area contributed by atoms with Crippen molar-refractivity contribution >= 4 is 33.4 Å². The van der Waals surface area contributed by atoms with E-state index in [0.717, 1.165) is 56.6 Å². The SMILES string of the molecule is CCC(c1ccccc1)N(C(=O)c1cccc2cc(-c3ccc4c(C(N)=O)cccc4c3)ccc12)C(CC)c1ccccc1. The number of benzene rings is 6. The molecule has 0 spiro atoms. The van der Waals surface area contributed by atoms with Gasteiger partial charge >= 0.3 is 0 Å². The molecular weight excluding hydrogens is 540 g/mol. The van der Waals surface area contributed by atoms with Gasteiger partial charge in [0.2, 0.25) is 5.91 Å². The molecule has 2 unspecified atom stereocenters. The van der Waals surface area contributed by atoms with Gasteiger partial charge < -0.3 is 10.6 Å². The first-order valence-electron chi connectivity index (χ1n) is 15.3. The third-order valence-electron chi connectivity index (χ3n) is 8.64. The Kier molecular flexibility index (Phi) is 8.25. The fourth-order valence-electron chi connectivity index (χ4n) is 6.50. The number of nitrogens with zero attached hydrogens (tertiary/aromatic N) is 1. The van der Waals surface area contributed by atoms with E-state index in [2.05, 4.69) is 73.3 Å². The molecule has 0 aliphatic rings. The lowest BCUT2D eigenvalue weighted by Crippen LogP contribution is -2.38. The van der Waals surface area contributed by atoms with E-state index in [1.165, 1.54) is 0 Å². The predicted octanol–water partition coefficient (Wildman–Crippen LogP) is 9.50. The highest BCUT2D eigenvalue weighted by Crippen LogP contribution is 2.38. The summed E-state index contributed by atoms with van der Waals surface area (Å²) >= 11 is 0. The molecule has 0 saturated heterocycles. The summed E-state index contributed by atoms with van der Waals surface area (Å²) in [5.41, 5.74) is 11.2. The van der Waals surface area contributed by atoms with Crippen LogP contribution in [0.25, 0.3) is 32.7 Å². The van der Waals surface area contributed by atoms with Crippen molar-refractivity contribution in [3.8, 4) is 11.1 Å². The number of carbonyl (C=O) groups excluding carboxylic acids is 2. The second kappa shape index (κ2) is 12.6. The van der Waals surface area contributed by atoms with Gasteiger partial charge in [0.05, 0.1) is 12.1 Å². The maximum absolute atomic E-state index is 14.8. The zero-order valence-electron chi connectivity index (χ0n) is 25.1. The maximum atomic E-state index is 14.8. The van der Waals surface area contributed by atoms with Crippen LogP contribution in [0.4, 0.5) is 0 Å². The van der Waals surface area contributed by atoms with Gasteiger partial charge in [-0.1, -0.05) is 123 Å². The van der Waals surface area contributed by atoms with E-state index in [0.29, 0.717) is 11.1 Å². The predicted molar refractivity (Wildman–Crippen MR) is 181 cm³/mol. The first-order chi connectivity index (χ1) is 21.5. The standard InChI is InChI=1S/C40H36N2O2/c1-3-37(27-13-7-5-8-14-27)42(38(4-2)28-15-9-6-10-16-28)40(44)36-20-12-18-32-26-30(22-24-34(32)36)29-21-23-33-31(25-29)17-11-19-35(33)39(41)43/h5-26,37-38H,3-4H2,1-2H3,(H2,41,43). The summed E-state index contributed by atoms with van der Waals surface area (Å²) in [6, 6.07) is 44.5. The molecule has 6 rings (SSSR count). The zero-order chi connectivity index (χ0) is 30.6. The minimum Gasteiger partial charge on any atom is -0.366 e. The Balaban J connectivity index is 1.44. The molecule has 0 aliphatic heterocycles. The highest BCUT2D eigenvalue weighted by Gasteiger charge is 2.32. The molecule has 44 heavy (non-hydrogen) atoms. The van der Waals surface area contributed by atoms with Crippen molar-refractivity contribution in [1.82, 2.24) is 4.90 Å². The van der Waals surface area contributed by atoms with E-state index >= 15 is 0 Å². The van der Waals surface area contributed by atoms with Gasteiger partial charge in [0.15, 0.2) is 0 Å². The van der Waals surface area contributed by atoms with Gasteiger partial charge in [-0.25, -0.2) is 0 Å². The van der Waals surface area contributed by atoms with Crippen molar-refractivity contribution in [1.29, 1.82) is 0 Å². The Morgan fingerprint density at radius 3 is 1.48 bits per heavy atom. The van der Waals surface area contributed by atoms with Crippen LogP contribution in [0.3, 0.4) is 0 Å². The fourth-order valence-corrected chi connectivity index (χ4v) is 6.50. The first-order valence-corrected chi connectivity index (χ1v) is 15.3. The van der Waals surface area contributed by atoms with Crippen molar-refractivity contribution in [3.63, 3.8) is 0 Å². The summed E-state index contributed by atoms with van der Waals surface area (Å²) < 4.78 is 0. The number of amides is 2. The van der Waals surface area contributed by atoms with Crippen LogP contribution in [0, 0.1) is 0 Å². The smallest absolute Gasteiger partial charge is 0.255 e. The van der Waals surface area contributed by atoms with E-state index in [4.69, 9.17) is 5.73 Å². The minimum atomic E-state index is -0.435. The number of rotatable bonds is 9. The molecule has 0 aromatic heterocycles. The lowest BCUT2D eigenvalue weighted by Gasteiger charge is -2.38.